The van der Waals surface area contributed by atoms with E-state index in [1.807, 2.05) is 18.2 Å². The van der Waals surface area contributed by atoms with Crippen LogP contribution < -0.4 is 5.32 Å². The maximum atomic E-state index is 12.6. The predicted octanol–water partition coefficient (Wildman–Crippen LogP) is 3.86. The van der Waals surface area contributed by atoms with Crippen LogP contribution in [0.3, 0.4) is 0 Å². The molecule has 0 radical (unpaired) electrons. The van der Waals surface area contributed by atoms with Gasteiger partial charge in [-0.15, -0.1) is 0 Å². The molecule has 1 N–H and O–H groups in total. The van der Waals surface area contributed by atoms with Gasteiger partial charge in [-0.05, 0) is 74.7 Å². The first-order chi connectivity index (χ1) is 11.7. The third kappa shape index (κ3) is 3.62. The topological polar surface area (TPSA) is 32.3 Å². The highest BCUT2D eigenvalue weighted by Gasteiger charge is 2.40. The van der Waals surface area contributed by atoms with Gasteiger partial charge in [0.05, 0.1) is 0 Å². The molecule has 1 aromatic carbocycles. The molecule has 2 aliphatic carbocycles. The molecule has 1 heterocycles. The van der Waals surface area contributed by atoms with Crippen molar-refractivity contribution >= 4 is 17.5 Å². The molecule has 4 rings (SSSR count). The number of hydrogen-bond acceptors (Lipinski definition) is 2. The van der Waals surface area contributed by atoms with Gasteiger partial charge < -0.3 is 5.32 Å². The van der Waals surface area contributed by atoms with E-state index < -0.39 is 0 Å². The Morgan fingerprint density at radius 1 is 1.17 bits per heavy atom. The van der Waals surface area contributed by atoms with Crippen LogP contribution in [0.4, 0.5) is 0 Å². The lowest BCUT2D eigenvalue weighted by molar-refractivity contribution is -0.127. The number of carbonyl (C=O) groups excluding carboxylic acids is 1. The van der Waals surface area contributed by atoms with Crippen LogP contribution in [-0.2, 0) is 11.3 Å². The SMILES string of the molecule is O=C(N[C@H]1C[C@H]2CC[C@H]1C2)C1CCN(Cc2cccc(Cl)c2)CC1. The quantitative estimate of drug-likeness (QED) is 0.897. The van der Waals surface area contributed by atoms with E-state index in [1.54, 1.807) is 0 Å². The standard InChI is InChI=1S/C20H27ClN2O/c21-18-3-1-2-15(11-18)13-23-8-6-16(7-9-23)20(24)22-19-12-14-4-5-17(19)10-14/h1-3,11,14,16-17,19H,4-10,12-13H2,(H,22,24)/t14-,17-,19-/m0/s1. The highest BCUT2D eigenvalue weighted by molar-refractivity contribution is 6.30. The zero-order chi connectivity index (χ0) is 16.5. The van der Waals surface area contributed by atoms with Crippen molar-refractivity contribution in [1.29, 1.82) is 0 Å². The summed E-state index contributed by atoms with van der Waals surface area (Å²) < 4.78 is 0. The van der Waals surface area contributed by atoms with Gasteiger partial charge in [0.15, 0.2) is 0 Å². The average Bonchev–Trinajstić information content (AvgIpc) is 3.18. The molecule has 1 saturated heterocycles. The van der Waals surface area contributed by atoms with Crippen molar-refractivity contribution in [2.45, 2.75) is 51.1 Å². The minimum Gasteiger partial charge on any atom is -0.353 e. The Kier molecular flexibility index (Phi) is 4.82. The van der Waals surface area contributed by atoms with Crippen LogP contribution in [-0.4, -0.2) is 29.9 Å². The molecule has 3 nitrogen and oxygen atoms in total. The molecule has 24 heavy (non-hydrogen) atoms. The van der Waals surface area contributed by atoms with Gasteiger partial charge in [0.25, 0.3) is 0 Å². The van der Waals surface area contributed by atoms with Crippen LogP contribution in [0.1, 0.15) is 44.1 Å². The van der Waals surface area contributed by atoms with Crippen molar-refractivity contribution in [3.05, 3.63) is 34.9 Å². The second-order valence-electron chi connectivity index (χ2n) is 7.97. The second-order valence-corrected chi connectivity index (χ2v) is 8.41. The third-order valence-electron chi connectivity index (χ3n) is 6.32. The second kappa shape index (κ2) is 7.05. The summed E-state index contributed by atoms with van der Waals surface area (Å²) in [6.45, 7) is 2.93. The number of likely N-dealkylation sites (tertiary alicyclic amines) is 1. The maximum absolute atomic E-state index is 12.6. The Morgan fingerprint density at radius 2 is 2.00 bits per heavy atom. The van der Waals surface area contributed by atoms with E-state index in [0.29, 0.717) is 11.9 Å². The van der Waals surface area contributed by atoms with Crippen LogP contribution in [0.5, 0.6) is 0 Å². The van der Waals surface area contributed by atoms with Crippen LogP contribution in [0, 0.1) is 17.8 Å². The van der Waals surface area contributed by atoms with Gasteiger partial charge >= 0.3 is 0 Å². The van der Waals surface area contributed by atoms with Gasteiger partial charge in [-0.25, -0.2) is 0 Å². The summed E-state index contributed by atoms with van der Waals surface area (Å²) in [4.78, 5) is 15.0. The molecular formula is C20H27ClN2O. The number of hydrogen-bond donors (Lipinski definition) is 1. The molecule has 130 valence electrons. The molecule has 0 aromatic heterocycles. The highest BCUT2D eigenvalue weighted by atomic mass is 35.5. The number of piperidine rings is 1. The van der Waals surface area contributed by atoms with Crippen molar-refractivity contribution in [1.82, 2.24) is 10.2 Å². The van der Waals surface area contributed by atoms with Crippen LogP contribution >= 0.6 is 11.6 Å². The van der Waals surface area contributed by atoms with E-state index in [9.17, 15) is 4.79 Å². The predicted molar refractivity (Wildman–Crippen MR) is 96.8 cm³/mol. The lowest BCUT2D eigenvalue weighted by atomic mass is 9.92. The number of rotatable bonds is 4. The zero-order valence-corrected chi connectivity index (χ0v) is 15.0. The monoisotopic (exact) mass is 346 g/mol. The maximum Gasteiger partial charge on any atom is 0.223 e. The largest absolute Gasteiger partial charge is 0.353 e. The average molecular weight is 347 g/mol. The fraction of sp³-hybridized carbons (Fsp3) is 0.650. The van der Waals surface area contributed by atoms with Gasteiger partial charge in [-0.1, -0.05) is 30.2 Å². The Morgan fingerprint density at radius 3 is 2.67 bits per heavy atom. The Hall–Kier alpha value is -1.06. The summed E-state index contributed by atoms with van der Waals surface area (Å²) in [5, 5.41) is 4.18. The van der Waals surface area contributed by atoms with Gasteiger partial charge in [0.2, 0.25) is 5.91 Å². The minimum atomic E-state index is 0.208. The van der Waals surface area contributed by atoms with Crippen molar-refractivity contribution in [2.24, 2.45) is 17.8 Å². The molecule has 0 spiro atoms. The first kappa shape index (κ1) is 16.4. The van der Waals surface area contributed by atoms with Gasteiger partial charge in [-0.3, -0.25) is 9.69 Å². The van der Waals surface area contributed by atoms with Crippen molar-refractivity contribution in [3.63, 3.8) is 0 Å². The number of nitrogens with one attached hydrogen (secondary N) is 1. The third-order valence-corrected chi connectivity index (χ3v) is 6.55. The van der Waals surface area contributed by atoms with Gasteiger partial charge in [0.1, 0.15) is 0 Å². The minimum absolute atomic E-state index is 0.208. The first-order valence-electron chi connectivity index (χ1n) is 9.44. The molecule has 1 aromatic rings. The summed E-state index contributed by atoms with van der Waals surface area (Å²) in [5.74, 6) is 2.18. The molecule has 2 saturated carbocycles. The van der Waals surface area contributed by atoms with E-state index in [4.69, 9.17) is 11.6 Å². The summed E-state index contributed by atoms with van der Waals surface area (Å²) in [7, 11) is 0. The van der Waals surface area contributed by atoms with Crippen molar-refractivity contribution < 1.29 is 4.79 Å². The van der Waals surface area contributed by atoms with Gasteiger partial charge in [0, 0.05) is 23.5 Å². The van der Waals surface area contributed by atoms with E-state index in [-0.39, 0.29) is 5.92 Å². The zero-order valence-electron chi connectivity index (χ0n) is 14.2. The van der Waals surface area contributed by atoms with Crippen LogP contribution in [0.25, 0.3) is 0 Å². The fourth-order valence-electron chi connectivity index (χ4n) is 4.97. The molecular weight excluding hydrogens is 320 g/mol. The Bertz CT molecular complexity index is 597. The summed E-state index contributed by atoms with van der Waals surface area (Å²) >= 11 is 6.06. The van der Waals surface area contributed by atoms with Gasteiger partial charge in [-0.2, -0.15) is 0 Å². The molecule has 4 heteroatoms. The molecule has 3 atom stereocenters. The molecule has 1 aliphatic heterocycles. The smallest absolute Gasteiger partial charge is 0.223 e. The molecule has 2 bridgehead atoms. The van der Waals surface area contributed by atoms with Crippen LogP contribution in [0.15, 0.2) is 24.3 Å². The number of fused-ring (bicyclic) bond motifs is 2. The number of halogens is 1. The molecule has 0 unspecified atom stereocenters. The number of benzene rings is 1. The first-order valence-corrected chi connectivity index (χ1v) is 9.82. The molecule has 3 fully saturated rings. The Balaban J connectivity index is 1.24. The molecule has 3 aliphatic rings. The Labute approximate surface area is 149 Å². The lowest BCUT2D eigenvalue weighted by Crippen LogP contribution is -2.45. The number of nitrogens with zero attached hydrogens (tertiary/aromatic N) is 1. The lowest BCUT2D eigenvalue weighted by Gasteiger charge is -2.32. The van der Waals surface area contributed by atoms with Crippen molar-refractivity contribution in [3.8, 4) is 0 Å². The summed E-state index contributed by atoms with van der Waals surface area (Å²) in [5.41, 5.74) is 1.26. The number of amides is 1. The highest BCUT2D eigenvalue weighted by Crippen LogP contribution is 2.44. The van der Waals surface area contributed by atoms with Crippen molar-refractivity contribution in [2.75, 3.05) is 13.1 Å². The fourth-order valence-corrected chi connectivity index (χ4v) is 5.18. The van der Waals surface area contributed by atoms with E-state index in [1.165, 1.54) is 31.2 Å². The van der Waals surface area contributed by atoms with E-state index in [0.717, 1.165) is 49.3 Å². The van der Waals surface area contributed by atoms with E-state index in [2.05, 4.69) is 16.3 Å². The normalized spacial score (nSPS) is 30.6. The number of carbonyl (C=O) groups is 1. The summed E-state index contributed by atoms with van der Waals surface area (Å²) in [6, 6.07) is 8.56. The van der Waals surface area contributed by atoms with Crippen LogP contribution in [0.2, 0.25) is 5.02 Å². The van der Waals surface area contributed by atoms with E-state index >= 15 is 0 Å². The summed E-state index contributed by atoms with van der Waals surface area (Å²) in [6.07, 6.45) is 7.25. The molecule has 1 amide bonds.